The van der Waals surface area contributed by atoms with Crippen LogP contribution >= 0.6 is 0 Å². The number of carbonyl (C=O) groups excluding carboxylic acids is 2. The summed E-state index contributed by atoms with van der Waals surface area (Å²) in [6.45, 7) is 10.5. The van der Waals surface area contributed by atoms with Gasteiger partial charge < -0.3 is 9.80 Å². The first-order chi connectivity index (χ1) is 10.7. The van der Waals surface area contributed by atoms with E-state index in [-0.39, 0.29) is 24.8 Å². The van der Waals surface area contributed by atoms with Gasteiger partial charge in [0.05, 0.1) is 5.75 Å². The van der Waals surface area contributed by atoms with E-state index in [0.29, 0.717) is 26.1 Å². The summed E-state index contributed by atoms with van der Waals surface area (Å²) in [6.07, 6.45) is 3.94. The summed E-state index contributed by atoms with van der Waals surface area (Å²) in [7, 11) is -4.04. The van der Waals surface area contributed by atoms with Gasteiger partial charge in [-0.15, -0.1) is 0 Å². The summed E-state index contributed by atoms with van der Waals surface area (Å²) in [5.41, 5.74) is 0. The Hall–Kier alpha value is -1.67. The highest BCUT2D eigenvalue weighted by molar-refractivity contribution is 7.85. The fourth-order valence-corrected chi connectivity index (χ4v) is 2.58. The van der Waals surface area contributed by atoms with Crippen molar-refractivity contribution in [3.8, 4) is 0 Å². The summed E-state index contributed by atoms with van der Waals surface area (Å²) < 4.78 is 30.1. The molecule has 1 N–H and O–H groups in total. The molecule has 132 valence electrons. The number of amides is 2. The average molecular weight is 346 g/mol. The van der Waals surface area contributed by atoms with E-state index in [4.69, 9.17) is 4.55 Å². The van der Waals surface area contributed by atoms with E-state index in [1.54, 1.807) is 4.90 Å². The molecule has 0 aromatic heterocycles. The minimum atomic E-state index is -4.04. The predicted molar refractivity (Wildman–Crippen MR) is 89.5 cm³/mol. The number of hydrogen-bond donors (Lipinski definition) is 1. The van der Waals surface area contributed by atoms with Gasteiger partial charge in [-0.05, 0) is 31.4 Å². The molecule has 0 aliphatic carbocycles. The van der Waals surface area contributed by atoms with Crippen LogP contribution in [0.15, 0.2) is 25.3 Å². The van der Waals surface area contributed by atoms with Crippen molar-refractivity contribution < 1.29 is 22.6 Å². The first-order valence-electron chi connectivity index (χ1n) is 7.53. The Labute approximate surface area is 138 Å². The molecule has 0 unspecified atom stereocenters. The van der Waals surface area contributed by atoms with Crippen molar-refractivity contribution in [2.75, 3.05) is 31.9 Å². The highest BCUT2D eigenvalue weighted by Crippen LogP contribution is 2.02. The van der Waals surface area contributed by atoms with Gasteiger partial charge in [-0.2, -0.15) is 8.42 Å². The van der Waals surface area contributed by atoms with Gasteiger partial charge in [0, 0.05) is 26.2 Å². The van der Waals surface area contributed by atoms with Crippen LogP contribution in [0, 0.1) is 0 Å². The van der Waals surface area contributed by atoms with E-state index < -0.39 is 15.9 Å². The van der Waals surface area contributed by atoms with Crippen molar-refractivity contribution in [1.82, 2.24) is 9.80 Å². The molecule has 0 saturated heterocycles. The number of rotatable bonds is 12. The van der Waals surface area contributed by atoms with Crippen molar-refractivity contribution in [1.29, 1.82) is 0 Å². The van der Waals surface area contributed by atoms with Gasteiger partial charge >= 0.3 is 0 Å². The van der Waals surface area contributed by atoms with Crippen LogP contribution in [0.25, 0.3) is 0 Å². The Morgan fingerprint density at radius 1 is 0.957 bits per heavy atom. The fourth-order valence-electron chi connectivity index (χ4n) is 2.08. The smallest absolute Gasteiger partial charge is 0.264 e. The third-order valence-corrected chi connectivity index (χ3v) is 3.96. The van der Waals surface area contributed by atoms with Crippen molar-refractivity contribution in [3.05, 3.63) is 25.3 Å². The highest BCUT2D eigenvalue weighted by atomic mass is 32.2. The summed E-state index contributed by atoms with van der Waals surface area (Å²) in [5, 5.41) is 0. The van der Waals surface area contributed by atoms with Crippen molar-refractivity contribution in [2.45, 2.75) is 26.2 Å². The van der Waals surface area contributed by atoms with E-state index in [0.717, 1.165) is 12.5 Å². The summed E-state index contributed by atoms with van der Waals surface area (Å²) in [6, 6.07) is 0. The molecule has 8 heteroatoms. The Balaban J connectivity index is 4.48. The standard InChI is InChI=1S/C15H26N2O5S/c1-4-9-16(14(18)5-2)10-7-11-17(15(19)6-3)12-8-13-23(20,21)22/h5-6H,2-4,7-13H2,1H3,(H,20,21,22). The van der Waals surface area contributed by atoms with Crippen LogP contribution in [0.5, 0.6) is 0 Å². The normalized spacial score (nSPS) is 10.9. The van der Waals surface area contributed by atoms with Crippen LogP contribution in [0.4, 0.5) is 0 Å². The third kappa shape index (κ3) is 9.85. The lowest BCUT2D eigenvalue weighted by Gasteiger charge is -2.24. The molecule has 0 atom stereocenters. The van der Waals surface area contributed by atoms with Gasteiger partial charge in [0.1, 0.15) is 0 Å². The average Bonchev–Trinajstić information content (AvgIpc) is 2.49. The molecule has 7 nitrogen and oxygen atoms in total. The van der Waals surface area contributed by atoms with Crippen molar-refractivity contribution in [2.24, 2.45) is 0 Å². The predicted octanol–water partition coefficient (Wildman–Crippen LogP) is 1.09. The van der Waals surface area contributed by atoms with Gasteiger partial charge in [-0.3, -0.25) is 14.1 Å². The summed E-state index contributed by atoms with van der Waals surface area (Å²) in [4.78, 5) is 26.5. The maximum absolute atomic E-state index is 11.8. The lowest BCUT2D eigenvalue weighted by atomic mass is 10.3. The van der Waals surface area contributed by atoms with E-state index >= 15 is 0 Å². The lowest BCUT2D eigenvalue weighted by Crippen LogP contribution is -2.36. The largest absolute Gasteiger partial charge is 0.339 e. The van der Waals surface area contributed by atoms with Gasteiger partial charge in [0.15, 0.2) is 0 Å². The quantitative estimate of drug-likeness (QED) is 0.422. The van der Waals surface area contributed by atoms with Gasteiger partial charge in [0.25, 0.3) is 10.1 Å². The zero-order valence-corrected chi connectivity index (χ0v) is 14.4. The molecular formula is C15H26N2O5S. The molecule has 0 heterocycles. The molecule has 0 aromatic carbocycles. The summed E-state index contributed by atoms with van der Waals surface area (Å²) >= 11 is 0. The molecule has 0 rings (SSSR count). The molecule has 2 amide bonds. The zero-order valence-electron chi connectivity index (χ0n) is 13.6. The van der Waals surface area contributed by atoms with E-state index in [1.807, 2.05) is 6.92 Å². The highest BCUT2D eigenvalue weighted by Gasteiger charge is 2.14. The molecule has 0 aliphatic heterocycles. The molecule has 23 heavy (non-hydrogen) atoms. The van der Waals surface area contributed by atoms with Crippen molar-refractivity contribution >= 4 is 21.9 Å². The van der Waals surface area contributed by atoms with Gasteiger partial charge in [-0.1, -0.05) is 20.1 Å². The Bertz CT molecular complexity index is 516. The molecule has 0 aromatic rings. The van der Waals surface area contributed by atoms with Crippen LogP contribution in [0.1, 0.15) is 26.2 Å². The monoisotopic (exact) mass is 346 g/mol. The third-order valence-electron chi connectivity index (χ3n) is 3.15. The second-order valence-electron chi connectivity index (χ2n) is 5.05. The van der Waals surface area contributed by atoms with Gasteiger partial charge in [-0.25, -0.2) is 0 Å². The SMILES string of the molecule is C=CC(=O)N(CCC)CCCN(CCCS(=O)(=O)O)C(=O)C=C. The summed E-state index contributed by atoms with van der Waals surface area (Å²) in [5.74, 6) is -0.859. The minimum absolute atomic E-state index is 0.142. The van der Waals surface area contributed by atoms with Crippen LogP contribution < -0.4 is 0 Å². The number of hydrogen-bond acceptors (Lipinski definition) is 4. The topological polar surface area (TPSA) is 95.0 Å². The maximum atomic E-state index is 11.8. The fraction of sp³-hybridized carbons (Fsp3) is 0.600. The molecule has 0 fully saturated rings. The maximum Gasteiger partial charge on any atom is 0.264 e. The van der Waals surface area contributed by atoms with Crippen LogP contribution in [-0.2, 0) is 19.7 Å². The Morgan fingerprint density at radius 3 is 1.78 bits per heavy atom. The van der Waals surface area contributed by atoms with Gasteiger partial charge in [0.2, 0.25) is 11.8 Å². The molecule has 0 bridgehead atoms. The van der Waals surface area contributed by atoms with E-state index in [9.17, 15) is 18.0 Å². The van der Waals surface area contributed by atoms with Crippen LogP contribution in [-0.4, -0.2) is 66.5 Å². The first kappa shape index (κ1) is 21.3. The second kappa shape index (κ2) is 11.0. The molecule has 0 aliphatic rings. The van der Waals surface area contributed by atoms with E-state index in [1.165, 1.54) is 11.0 Å². The first-order valence-corrected chi connectivity index (χ1v) is 9.14. The lowest BCUT2D eigenvalue weighted by molar-refractivity contribution is -0.126. The molecule has 0 spiro atoms. The van der Waals surface area contributed by atoms with Crippen molar-refractivity contribution in [3.63, 3.8) is 0 Å². The van der Waals surface area contributed by atoms with Crippen LogP contribution in [0.3, 0.4) is 0 Å². The second-order valence-corrected chi connectivity index (χ2v) is 6.62. The molecule has 0 radical (unpaired) electrons. The molecular weight excluding hydrogens is 320 g/mol. The van der Waals surface area contributed by atoms with E-state index in [2.05, 4.69) is 13.2 Å². The minimum Gasteiger partial charge on any atom is -0.339 e. The Kier molecular flexibility index (Phi) is 10.2. The molecule has 0 saturated carbocycles. The van der Waals surface area contributed by atoms with Crippen LogP contribution in [0.2, 0.25) is 0 Å². The Morgan fingerprint density at radius 2 is 1.39 bits per heavy atom. The zero-order chi connectivity index (χ0) is 17.9. The number of carbonyl (C=O) groups is 2. The number of nitrogens with zero attached hydrogens (tertiary/aromatic N) is 2.